The summed E-state index contributed by atoms with van der Waals surface area (Å²) in [6.07, 6.45) is 11.2. The van der Waals surface area contributed by atoms with Gasteiger partial charge in [0, 0.05) is 52.4 Å². The maximum atomic E-state index is 13.1. The minimum atomic E-state index is -0.0503. The average Bonchev–Trinajstić information content (AvgIpc) is 3.38. The number of hydrogen-bond donors (Lipinski definition) is 0. The van der Waals surface area contributed by atoms with E-state index in [4.69, 9.17) is 4.99 Å². The van der Waals surface area contributed by atoms with Gasteiger partial charge in [0.15, 0.2) is 5.78 Å². The summed E-state index contributed by atoms with van der Waals surface area (Å²) < 4.78 is 0. The summed E-state index contributed by atoms with van der Waals surface area (Å²) in [4.78, 5) is 36.5. The van der Waals surface area contributed by atoms with Crippen LogP contribution < -0.4 is 21.0 Å². The van der Waals surface area contributed by atoms with E-state index in [2.05, 4.69) is 27.0 Å². The fourth-order valence-corrected chi connectivity index (χ4v) is 5.43. The lowest BCUT2D eigenvalue weighted by atomic mass is 9.85. The number of carbonyl (C=O) groups excluding carboxylic acids is 2. The molecule has 5 nitrogen and oxygen atoms in total. The molecule has 3 aliphatic heterocycles. The van der Waals surface area contributed by atoms with Crippen molar-refractivity contribution in [3.63, 3.8) is 0 Å². The third kappa shape index (κ3) is 2.15. The van der Waals surface area contributed by atoms with E-state index in [0.717, 1.165) is 61.7 Å². The van der Waals surface area contributed by atoms with Gasteiger partial charge < -0.3 is 4.90 Å². The summed E-state index contributed by atoms with van der Waals surface area (Å²) in [5.41, 5.74) is 6.62. The number of rotatable bonds is 2. The first kappa shape index (κ1) is 17.0. The van der Waals surface area contributed by atoms with Crippen molar-refractivity contribution < 1.29 is 9.59 Å². The molecule has 0 saturated heterocycles. The van der Waals surface area contributed by atoms with Crippen molar-refractivity contribution in [2.45, 2.75) is 19.3 Å². The predicted octanol–water partition coefficient (Wildman–Crippen LogP) is 0.842. The fourth-order valence-electron chi connectivity index (χ4n) is 4.95. The Bertz CT molecular complexity index is 1450. The van der Waals surface area contributed by atoms with Gasteiger partial charge in [-0.2, -0.15) is 0 Å². The minimum absolute atomic E-state index is 0.0469. The zero-order valence-corrected chi connectivity index (χ0v) is 17.3. The Hall–Kier alpha value is -2.86. The van der Waals surface area contributed by atoms with Gasteiger partial charge in [-0.15, -0.1) is 0 Å². The Kier molecular flexibility index (Phi) is 3.42. The molecular formula is C23H16BrN3O2. The van der Waals surface area contributed by atoms with Gasteiger partial charge in [0.25, 0.3) is 5.91 Å². The first-order valence-electron chi connectivity index (χ1n) is 9.62. The number of amides is 1. The fraction of sp³-hybridized carbons (Fsp3) is 0.217. The highest BCUT2D eigenvalue weighted by Crippen LogP contribution is 2.32. The molecule has 0 aromatic heterocycles. The van der Waals surface area contributed by atoms with Gasteiger partial charge in [0.1, 0.15) is 0 Å². The summed E-state index contributed by atoms with van der Waals surface area (Å²) >= 11 is 3.60. The van der Waals surface area contributed by atoms with Crippen LogP contribution in [0.2, 0.25) is 0 Å². The van der Waals surface area contributed by atoms with Gasteiger partial charge in [0.2, 0.25) is 0 Å². The van der Waals surface area contributed by atoms with Crippen molar-refractivity contribution in [2.75, 3.05) is 12.4 Å². The molecule has 5 aliphatic rings. The Morgan fingerprint density at radius 1 is 1.14 bits per heavy atom. The maximum Gasteiger partial charge on any atom is 0.258 e. The van der Waals surface area contributed by atoms with Crippen LogP contribution in [0.5, 0.6) is 0 Å². The number of carbonyl (C=O) groups is 2. The molecule has 1 aromatic rings. The first-order chi connectivity index (χ1) is 14.1. The number of hydrogen-bond acceptors (Lipinski definition) is 4. The van der Waals surface area contributed by atoms with E-state index < -0.39 is 0 Å². The van der Waals surface area contributed by atoms with Crippen LogP contribution in [0.3, 0.4) is 0 Å². The summed E-state index contributed by atoms with van der Waals surface area (Å²) in [7, 11) is 1.78. The Balaban J connectivity index is 1.89. The summed E-state index contributed by atoms with van der Waals surface area (Å²) in [5, 5.41) is 4.70. The number of allylic oxidation sites excluding steroid dienone is 4. The van der Waals surface area contributed by atoms with Gasteiger partial charge >= 0.3 is 0 Å². The van der Waals surface area contributed by atoms with Gasteiger partial charge in [-0.05, 0) is 42.2 Å². The van der Waals surface area contributed by atoms with Crippen LogP contribution in [-0.4, -0.2) is 35.2 Å². The van der Waals surface area contributed by atoms with Crippen molar-refractivity contribution in [1.29, 1.82) is 0 Å². The molecule has 29 heavy (non-hydrogen) atoms. The average molecular weight is 446 g/mol. The normalized spacial score (nSPS) is 20.3. The molecule has 3 heterocycles. The second kappa shape index (κ2) is 5.83. The lowest BCUT2D eigenvalue weighted by molar-refractivity contribution is -0.113. The SMILES string of the molecule is CN1C=c2c(c3c(c4c2=C2N=CC=C2CC=4CCBr)=NC2=C3CC(=O)C=C2)C1=O. The smallest absolute Gasteiger partial charge is 0.258 e. The number of benzene rings is 1. The van der Waals surface area contributed by atoms with E-state index in [1.165, 1.54) is 11.1 Å². The molecule has 6 heteroatoms. The third-order valence-corrected chi connectivity index (χ3v) is 6.56. The van der Waals surface area contributed by atoms with Gasteiger partial charge in [-0.3, -0.25) is 14.6 Å². The quantitative estimate of drug-likeness (QED) is 0.633. The molecule has 0 unspecified atom stereocenters. The van der Waals surface area contributed by atoms with Crippen LogP contribution in [-0.2, 0) is 4.79 Å². The van der Waals surface area contributed by atoms with Gasteiger partial charge in [-0.1, -0.05) is 21.5 Å². The zero-order valence-electron chi connectivity index (χ0n) is 15.8. The lowest BCUT2D eigenvalue weighted by Gasteiger charge is -2.17. The number of aliphatic imine (C=N–C) groups is 1. The monoisotopic (exact) mass is 445 g/mol. The van der Waals surface area contributed by atoms with Gasteiger partial charge in [-0.25, -0.2) is 4.99 Å². The molecule has 2 aliphatic carbocycles. The van der Waals surface area contributed by atoms with E-state index in [0.29, 0.717) is 5.56 Å². The van der Waals surface area contributed by atoms with Crippen molar-refractivity contribution in [1.82, 2.24) is 4.90 Å². The molecule has 1 amide bonds. The number of alkyl halides is 1. The zero-order chi connectivity index (χ0) is 19.9. The van der Waals surface area contributed by atoms with E-state index in [-0.39, 0.29) is 18.1 Å². The van der Waals surface area contributed by atoms with Crippen LogP contribution in [0.1, 0.15) is 35.2 Å². The third-order valence-electron chi connectivity index (χ3n) is 6.16. The second-order valence-corrected chi connectivity index (χ2v) is 8.59. The largest absolute Gasteiger partial charge is 0.317 e. The van der Waals surface area contributed by atoms with Crippen LogP contribution in [0.4, 0.5) is 0 Å². The highest BCUT2D eigenvalue weighted by Gasteiger charge is 2.34. The Morgan fingerprint density at radius 2 is 2.00 bits per heavy atom. The molecule has 1 aromatic carbocycles. The van der Waals surface area contributed by atoms with Crippen molar-refractivity contribution in [3.8, 4) is 0 Å². The van der Waals surface area contributed by atoms with Crippen LogP contribution in [0, 0.1) is 0 Å². The van der Waals surface area contributed by atoms with Crippen LogP contribution in [0.25, 0.3) is 23.0 Å². The highest BCUT2D eigenvalue weighted by molar-refractivity contribution is 9.09. The van der Waals surface area contributed by atoms with Crippen molar-refractivity contribution in [3.05, 3.63) is 61.6 Å². The highest BCUT2D eigenvalue weighted by atomic mass is 79.9. The Morgan fingerprint density at radius 3 is 2.83 bits per heavy atom. The molecule has 0 N–H and O–H groups in total. The molecule has 142 valence electrons. The van der Waals surface area contributed by atoms with Crippen molar-refractivity contribution in [2.24, 2.45) is 9.98 Å². The molecule has 0 bridgehead atoms. The topological polar surface area (TPSA) is 62.1 Å². The number of halogens is 1. The maximum absolute atomic E-state index is 13.1. The molecule has 0 saturated carbocycles. The number of nitrogens with zero attached hydrogens (tertiary/aromatic N) is 3. The van der Waals surface area contributed by atoms with E-state index >= 15 is 0 Å². The minimum Gasteiger partial charge on any atom is -0.317 e. The molecule has 0 radical (unpaired) electrons. The standard InChI is InChI=1S/C23H16BrN3O2/c1-27-10-15-19-17(11(4-6-24)8-12-5-7-25-21(12)19)22-18(20(15)23(27)29)14-9-13(28)2-3-16(14)26-22/h2-3,5,7,10H,4,6,8-9H2,1H3. The van der Waals surface area contributed by atoms with Crippen molar-refractivity contribution >= 4 is 56.9 Å². The first-order valence-corrected chi connectivity index (χ1v) is 10.7. The molecule has 0 atom stereocenters. The van der Waals surface area contributed by atoms with Crippen LogP contribution >= 0.6 is 15.9 Å². The predicted molar refractivity (Wildman–Crippen MR) is 115 cm³/mol. The second-order valence-electron chi connectivity index (χ2n) is 7.80. The lowest BCUT2D eigenvalue weighted by Crippen LogP contribution is -2.54. The number of fused-ring (bicyclic) bond motifs is 8. The summed E-state index contributed by atoms with van der Waals surface area (Å²) in [6.45, 7) is 0. The molecular weight excluding hydrogens is 430 g/mol. The summed E-state index contributed by atoms with van der Waals surface area (Å²) in [5.74, 6) is -0.00331. The van der Waals surface area contributed by atoms with E-state index in [9.17, 15) is 9.59 Å². The molecule has 6 rings (SSSR count). The Labute approximate surface area is 174 Å². The molecule has 0 fully saturated rings. The number of ketones is 1. The van der Waals surface area contributed by atoms with E-state index in [1.54, 1.807) is 24.1 Å². The summed E-state index contributed by atoms with van der Waals surface area (Å²) in [6, 6.07) is 0. The van der Waals surface area contributed by atoms with E-state index in [1.807, 2.05) is 12.4 Å². The van der Waals surface area contributed by atoms with Crippen LogP contribution in [0.15, 0.2) is 39.5 Å². The molecule has 0 spiro atoms. The van der Waals surface area contributed by atoms with Gasteiger partial charge in [0.05, 0.1) is 22.3 Å².